The maximum atomic E-state index is 6.57. The van der Waals surface area contributed by atoms with Gasteiger partial charge in [-0.2, -0.15) is 0 Å². The van der Waals surface area contributed by atoms with Crippen molar-refractivity contribution in [3.05, 3.63) is 34.4 Å². The molecule has 4 aliphatic heterocycles. The monoisotopic (exact) mass is 366 g/mol. The fraction of sp³-hybridized carbons (Fsp3) is 0.429. The second-order valence-electron chi connectivity index (χ2n) is 7.61. The molecule has 0 spiro atoms. The maximum Gasteiger partial charge on any atom is 0.180 e. The molecule has 0 aliphatic carbocycles. The van der Waals surface area contributed by atoms with Gasteiger partial charge < -0.3 is 18.9 Å². The highest BCUT2D eigenvalue weighted by atomic mass is 16.5. The quantitative estimate of drug-likeness (QED) is 0.882. The minimum Gasteiger partial charge on any atom is -0.493 e. The van der Waals surface area contributed by atoms with E-state index in [1.807, 2.05) is 0 Å². The van der Waals surface area contributed by atoms with Crippen LogP contribution in [0.25, 0.3) is 11.1 Å². The zero-order chi connectivity index (χ0) is 18.3. The molecule has 0 saturated carbocycles. The number of methoxy groups -OCH3 is 2. The van der Waals surface area contributed by atoms with Gasteiger partial charge in [-0.15, -0.1) is 0 Å². The van der Waals surface area contributed by atoms with Crippen LogP contribution in [0.15, 0.2) is 12.1 Å². The van der Waals surface area contributed by atoms with Gasteiger partial charge in [0, 0.05) is 35.3 Å². The standard InChI is InChI=1S/C21H22N2O4/c1-23-7-5-11-9-12(24-2)18-17-15(11)21(23)27-19-13(25-3)8-10-4-6-22-20(26-18)14(10)16(17)19/h8-9,20-22H,4-7H2,1-3H3/t20-,21-/m0/s1. The summed E-state index contributed by atoms with van der Waals surface area (Å²) < 4.78 is 24.5. The summed E-state index contributed by atoms with van der Waals surface area (Å²) in [6.45, 7) is 1.81. The first-order valence-corrected chi connectivity index (χ1v) is 9.46. The molecular formula is C21H22N2O4. The number of hydrogen-bond donors (Lipinski definition) is 1. The molecule has 4 heterocycles. The van der Waals surface area contributed by atoms with Gasteiger partial charge in [0.2, 0.25) is 0 Å². The second kappa shape index (κ2) is 5.30. The summed E-state index contributed by atoms with van der Waals surface area (Å²) in [4.78, 5) is 2.25. The highest BCUT2D eigenvalue weighted by molar-refractivity contribution is 5.90. The molecule has 0 unspecified atom stereocenters. The molecule has 140 valence electrons. The molecule has 6 rings (SSSR count). The number of likely N-dealkylation sites (N-methyl/N-ethyl adjacent to an activating group) is 1. The molecule has 0 bridgehead atoms. The zero-order valence-corrected chi connectivity index (χ0v) is 15.7. The van der Waals surface area contributed by atoms with Crippen molar-refractivity contribution in [3.63, 3.8) is 0 Å². The molecule has 1 N–H and O–H groups in total. The highest BCUT2D eigenvalue weighted by Crippen LogP contribution is 2.61. The average molecular weight is 366 g/mol. The first-order chi connectivity index (χ1) is 13.2. The van der Waals surface area contributed by atoms with Crippen LogP contribution in [-0.2, 0) is 12.8 Å². The smallest absolute Gasteiger partial charge is 0.180 e. The predicted molar refractivity (Wildman–Crippen MR) is 99.8 cm³/mol. The predicted octanol–water partition coefficient (Wildman–Crippen LogP) is 2.79. The Bertz CT molecular complexity index is 987. The van der Waals surface area contributed by atoms with E-state index < -0.39 is 0 Å². The van der Waals surface area contributed by atoms with Gasteiger partial charge in [-0.05, 0) is 43.1 Å². The number of rotatable bonds is 2. The molecule has 0 radical (unpaired) electrons. The lowest BCUT2D eigenvalue weighted by Gasteiger charge is -2.45. The van der Waals surface area contributed by atoms with Crippen LogP contribution in [0.5, 0.6) is 23.0 Å². The van der Waals surface area contributed by atoms with Gasteiger partial charge in [0.25, 0.3) is 0 Å². The average Bonchev–Trinajstić information content (AvgIpc) is 2.71. The minimum absolute atomic E-state index is 0.135. The Morgan fingerprint density at radius 3 is 2.37 bits per heavy atom. The molecule has 6 heteroatoms. The Balaban J connectivity index is 1.77. The Morgan fingerprint density at radius 2 is 1.63 bits per heavy atom. The Labute approximate surface area is 158 Å². The molecule has 2 atom stereocenters. The molecule has 0 amide bonds. The lowest BCUT2D eigenvalue weighted by molar-refractivity contribution is 0.0286. The molecule has 2 aromatic carbocycles. The largest absolute Gasteiger partial charge is 0.493 e. The number of benzene rings is 2. The van der Waals surface area contributed by atoms with Gasteiger partial charge in [-0.3, -0.25) is 10.2 Å². The van der Waals surface area contributed by atoms with Gasteiger partial charge in [-0.1, -0.05) is 0 Å². The topological polar surface area (TPSA) is 52.2 Å². The van der Waals surface area contributed by atoms with E-state index in [0.29, 0.717) is 0 Å². The SMILES string of the molecule is COc1cc2c3c4c1O[C@H]1c5c(cc(OC)c(c5-4)O[C@@H]3NCC2)CCN1C. The summed E-state index contributed by atoms with van der Waals surface area (Å²) >= 11 is 0. The van der Waals surface area contributed by atoms with Gasteiger partial charge in [0.05, 0.1) is 14.2 Å². The fourth-order valence-corrected chi connectivity index (χ4v) is 5.00. The van der Waals surface area contributed by atoms with Crippen molar-refractivity contribution in [1.82, 2.24) is 10.2 Å². The van der Waals surface area contributed by atoms with Crippen LogP contribution >= 0.6 is 0 Å². The second-order valence-corrected chi connectivity index (χ2v) is 7.61. The van der Waals surface area contributed by atoms with Crippen LogP contribution < -0.4 is 24.3 Å². The molecule has 27 heavy (non-hydrogen) atoms. The van der Waals surface area contributed by atoms with E-state index in [4.69, 9.17) is 18.9 Å². The Kier molecular flexibility index (Phi) is 3.06. The third kappa shape index (κ3) is 1.87. The number of nitrogens with one attached hydrogen (secondary N) is 1. The molecule has 0 saturated heterocycles. The van der Waals surface area contributed by atoms with Crippen molar-refractivity contribution in [1.29, 1.82) is 0 Å². The molecule has 4 aliphatic rings. The number of nitrogens with zero attached hydrogens (tertiary/aromatic N) is 1. The van der Waals surface area contributed by atoms with Crippen LogP contribution in [-0.4, -0.2) is 39.3 Å². The summed E-state index contributed by atoms with van der Waals surface area (Å²) in [6, 6.07) is 4.24. The number of ether oxygens (including phenoxy) is 4. The van der Waals surface area contributed by atoms with E-state index in [0.717, 1.165) is 60.1 Å². The van der Waals surface area contributed by atoms with E-state index in [-0.39, 0.29) is 12.5 Å². The van der Waals surface area contributed by atoms with E-state index in [2.05, 4.69) is 29.4 Å². The van der Waals surface area contributed by atoms with E-state index in [9.17, 15) is 0 Å². The summed E-state index contributed by atoms with van der Waals surface area (Å²) in [5.74, 6) is 3.22. The summed E-state index contributed by atoms with van der Waals surface area (Å²) in [5, 5.41) is 3.50. The van der Waals surface area contributed by atoms with Crippen LogP contribution in [0.2, 0.25) is 0 Å². The van der Waals surface area contributed by atoms with Gasteiger partial charge >= 0.3 is 0 Å². The van der Waals surface area contributed by atoms with E-state index >= 15 is 0 Å². The van der Waals surface area contributed by atoms with Crippen molar-refractivity contribution < 1.29 is 18.9 Å². The van der Waals surface area contributed by atoms with Crippen molar-refractivity contribution in [2.45, 2.75) is 25.3 Å². The summed E-state index contributed by atoms with van der Waals surface area (Å²) in [5.41, 5.74) is 7.18. The molecule has 0 aromatic heterocycles. The number of hydrogen-bond acceptors (Lipinski definition) is 6. The van der Waals surface area contributed by atoms with Gasteiger partial charge in [0.15, 0.2) is 35.5 Å². The maximum absolute atomic E-state index is 6.57. The first kappa shape index (κ1) is 15.6. The van der Waals surface area contributed by atoms with Crippen molar-refractivity contribution in [2.75, 3.05) is 34.4 Å². The van der Waals surface area contributed by atoms with Crippen molar-refractivity contribution in [3.8, 4) is 34.1 Å². The van der Waals surface area contributed by atoms with Crippen molar-refractivity contribution >= 4 is 0 Å². The van der Waals surface area contributed by atoms with Gasteiger partial charge in [0.1, 0.15) is 0 Å². The van der Waals surface area contributed by atoms with E-state index in [1.54, 1.807) is 14.2 Å². The van der Waals surface area contributed by atoms with E-state index in [1.165, 1.54) is 22.3 Å². The summed E-state index contributed by atoms with van der Waals surface area (Å²) in [7, 11) is 5.53. The first-order valence-electron chi connectivity index (χ1n) is 9.46. The lowest BCUT2D eigenvalue weighted by Crippen LogP contribution is -2.41. The van der Waals surface area contributed by atoms with Crippen LogP contribution in [0, 0.1) is 0 Å². The molecule has 0 fully saturated rings. The Hall–Kier alpha value is -2.44. The van der Waals surface area contributed by atoms with Crippen LogP contribution in [0.4, 0.5) is 0 Å². The highest BCUT2D eigenvalue weighted by Gasteiger charge is 2.45. The van der Waals surface area contributed by atoms with Crippen LogP contribution in [0.1, 0.15) is 34.7 Å². The molecule has 6 nitrogen and oxygen atoms in total. The van der Waals surface area contributed by atoms with Crippen molar-refractivity contribution in [2.24, 2.45) is 0 Å². The third-order valence-corrected chi connectivity index (χ3v) is 6.27. The van der Waals surface area contributed by atoms with Gasteiger partial charge in [-0.25, -0.2) is 0 Å². The zero-order valence-electron chi connectivity index (χ0n) is 15.7. The minimum atomic E-state index is -0.186. The lowest BCUT2D eigenvalue weighted by atomic mass is 9.80. The third-order valence-electron chi connectivity index (χ3n) is 6.27. The summed E-state index contributed by atoms with van der Waals surface area (Å²) in [6.07, 6.45) is 1.60. The van der Waals surface area contributed by atoms with Crippen LogP contribution in [0.3, 0.4) is 0 Å². The fourth-order valence-electron chi connectivity index (χ4n) is 5.00. The molecule has 2 aromatic rings. The molecular weight excluding hydrogens is 344 g/mol. The normalized spacial score (nSPS) is 23.8. The Morgan fingerprint density at radius 1 is 0.963 bits per heavy atom.